The number of hydrogen-bond donors (Lipinski definition) is 1. The Morgan fingerprint density at radius 2 is 1.56 bits per heavy atom. The first-order valence-electron chi connectivity index (χ1n) is 6.13. The number of ether oxygens (including phenoxy) is 1. The largest absolute Gasteiger partial charge is 0.457 e. The van der Waals surface area contributed by atoms with E-state index in [1.54, 1.807) is 0 Å². The third-order valence-corrected chi connectivity index (χ3v) is 3.03. The second kappa shape index (κ2) is 4.80. The Morgan fingerprint density at radius 1 is 1.00 bits per heavy atom. The number of hydrogen-bond acceptors (Lipinski definition) is 3. The maximum atomic E-state index is 5.89. The molecule has 18 heavy (non-hydrogen) atoms. The van der Waals surface area contributed by atoms with Crippen molar-refractivity contribution >= 4 is 0 Å². The van der Waals surface area contributed by atoms with Crippen LogP contribution in [0.5, 0.6) is 11.5 Å². The Hall–Kier alpha value is -1.84. The van der Waals surface area contributed by atoms with Crippen molar-refractivity contribution < 1.29 is 9.57 Å². The molecule has 0 saturated heterocycles. The lowest BCUT2D eigenvalue weighted by Crippen LogP contribution is -2.25. The topological polar surface area (TPSA) is 30.5 Å². The van der Waals surface area contributed by atoms with Crippen LogP contribution in [0.3, 0.4) is 0 Å². The molecule has 0 amide bonds. The first kappa shape index (κ1) is 11.3. The highest BCUT2D eigenvalue weighted by Gasteiger charge is 2.26. The monoisotopic (exact) mass is 241 g/mol. The average Bonchev–Trinajstić information content (AvgIpc) is 2.43. The van der Waals surface area contributed by atoms with E-state index in [0.717, 1.165) is 22.6 Å². The van der Waals surface area contributed by atoms with E-state index in [2.05, 4.69) is 17.6 Å². The van der Waals surface area contributed by atoms with Gasteiger partial charge in [0.15, 0.2) is 0 Å². The summed E-state index contributed by atoms with van der Waals surface area (Å²) in [4.78, 5) is 5.38. The van der Waals surface area contributed by atoms with E-state index in [0.29, 0.717) is 6.61 Å². The third kappa shape index (κ3) is 1.88. The SMILES string of the molecule is CCONC1c2ccccc2Oc2ccccc21. The van der Waals surface area contributed by atoms with E-state index in [4.69, 9.17) is 9.57 Å². The van der Waals surface area contributed by atoms with Gasteiger partial charge in [0, 0.05) is 11.1 Å². The number of fused-ring (bicyclic) bond motifs is 2. The molecule has 3 heteroatoms. The quantitative estimate of drug-likeness (QED) is 0.835. The highest BCUT2D eigenvalue weighted by Crippen LogP contribution is 2.42. The first-order chi connectivity index (χ1) is 8.90. The van der Waals surface area contributed by atoms with Crippen molar-refractivity contribution in [2.45, 2.75) is 13.0 Å². The van der Waals surface area contributed by atoms with Crippen LogP contribution in [0.2, 0.25) is 0 Å². The smallest absolute Gasteiger partial charge is 0.132 e. The van der Waals surface area contributed by atoms with Crippen molar-refractivity contribution in [3.8, 4) is 11.5 Å². The fourth-order valence-corrected chi connectivity index (χ4v) is 2.20. The number of hydroxylamine groups is 1. The lowest BCUT2D eigenvalue weighted by atomic mass is 9.95. The molecule has 0 atom stereocenters. The molecule has 2 aromatic carbocycles. The van der Waals surface area contributed by atoms with E-state index in [1.807, 2.05) is 43.3 Å². The van der Waals surface area contributed by atoms with Gasteiger partial charge in [-0.25, -0.2) is 0 Å². The van der Waals surface area contributed by atoms with Crippen LogP contribution < -0.4 is 10.2 Å². The van der Waals surface area contributed by atoms with Crippen molar-refractivity contribution in [2.24, 2.45) is 0 Å². The molecule has 0 aromatic heterocycles. The number of rotatable bonds is 3. The van der Waals surface area contributed by atoms with Gasteiger partial charge in [-0.15, -0.1) is 0 Å². The zero-order valence-electron chi connectivity index (χ0n) is 10.2. The Bertz CT molecular complexity index is 508. The summed E-state index contributed by atoms with van der Waals surface area (Å²) in [5.74, 6) is 1.77. The summed E-state index contributed by atoms with van der Waals surface area (Å²) in [6.45, 7) is 2.59. The first-order valence-corrected chi connectivity index (χ1v) is 6.13. The zero-order chi connectivity index (χ0) is 12.4. The van der Waals surface area contributed by atoms with Gasteiger partial charge in [-0.05, 0) is 19.1 Å². The van der Waals surface area contributed by atoms with Crippen LogP contribution in [0.15, 0.2) is 48.5 Å². The van der Waals surface area contributed by atoms with Crippen LogP contribution in [0.25, 0.3) is 0 Å². The number of benzene rings is 2. The van der Waals surface area contributed by atoms with Crippen LogP contribution >= 0.6 is 0 Å². The van der Waals surface area contributed by atoms with Crippen molar-refractivity contribution in [3.63, 3.8) is 0 Å². The lowest BCUT2D eigenvalue weighted by molar-refractivity contribution is 0.0314. The normalized spacial score (nSPS) is 13.6. The molecular weight excluding hydrogens is 226 g/mol. The summed E-state index contributed by atoms with van der Waals surface area (Å²) in [5.41, 5.74) is 5.31. The second-order valence-corrected chi connectivity index (χ2v) is 4.16. The van der Waals surface area contributed by atoms with E-state index in [9.17, 15) is 0 Å². The Kier molecular flexibility index (Phi) is 3.00. The van der Waals surface area contributed by atoms with Crippen LogP contribution in [-0.2, 0) is 4.84 Å². The number of nitrogens with one attached hydrogen (secondary N) is 1. The molecule has 0 unspecified atom stereocenters. The molecule has 92 valence electrons. The van der Waals surface area contributed by atoms with E-state index < -0.39 is 0 Å². The molecule has 0 spiro atoms. The van der Waals surface area contributed by atoms with Gasteiger partial charge in [0.05, 0.1) is 12.6 Å². The van der Waals surface area contributed by atoms with Crippen LogP contribution in [-0.4, -0.2) is 6.61 Å². The van der Waals surface area contributed by atoms with Crippen LogP contribution in [0.1, 0.15) is 24.1 Å². The second-order valence-electron chi connectivity index (χ2n) is 4.16. The van der Waals surface area contributed by atoms with Gasteiger partial charge >= 0.3 is 0 Å². The summed E-state index contributed by atoms with van der Waals surface area (Å²) in [7, 11) is 0. The molecule has 3 rings (SSSR count). The molecule has 1 N–H and O–H groups in total. The van der Waals surface area contributed by atoms with Gasteiger partial charge in [0.1, 0.15) is 11.5 Å². The maximum Gasteiger partial charge on any atom is 0.132 e. The lowest BCUT2D eigenvalue weighted by Gasteiger charge is -2.28. The third-order valence-electron chi connectivity index (χ3n) is 3.03. The summed E-state index contributed by atoms with van der Waals surface area (Å²) in [5, 5.41) is 0. The van der Waals surface area contributed by atoms with Crippen molar-refractivity contribution in [1.82, 2.24) is 5.48 Å². The van der Waals surface area contributed by atoms with Gasteiger partial charge in [0.25, 0.3) is 0 Å². The summed E-state index contributed by atoms with van der Waals surface area (Å²) in [6.07, 6.45) is 0. The molecule has 1 heterocycles. The van der Waals surface area contributed by atoms with Gasteiger partial charge in [-0.2, -0.15) is 5.48 Å². The minimum Gasteiger partial charge on any atom is -0.457 e. The summed E-state index contributed by atoms with van der Waals surface area (Å²) in [6, 6.07) is 16.1. The zero-order valence-corrected chi connectivity index (χ0v) is 10.2. The highest BCUT2D eigenvalue weighted by atomic mass is 16.6. The summed E-state index contributed by atoms with van der Waals surface area (Å²) < 4.78 is 5.89. The maximum absolute atomic E-state index is 5.89. The molecule has 0 aliphatic carbocycles. The fourth-order valence-electron chi connectivity index (χ4n) is 2.20. The van der Waals surface area contributed by atoms with Gasteiger partial charge in [-0.1, -0.05) is 36.4 Å². The van der Waals surface area contributed by atoms with E-state index in [1.165, 1.54) is 0 Å². The van der Waals surface area contributed by atoms with E-state index in [-0.39, 0.29) is 6.04 Å². The van der Waals surface area contributed by atoms with Gasteiger partial charge in [0.2, 0.25) is 0 Å². The molecule has 2 aromatic rings. The molecule has 3 nitrogen and oxygen atoms in total. The molecule has 0 bridgehead atoms. The van der Waals surface area contributed by atoms with Crippen LogP contribution in [0.4, 0.5) is 0 Å². The predicted molar refractivity (Wildman–Crippen MR) is 69.6 cm³/mol. The summed E-state index contributed by atoms with van der Waals surface area (Å²) >= 11 is 0. The average molecular weight is 241 g/mol. The Morgan fingerprint density at radius 3 is 2.11 bits per heavy atom. The molecular formula is C15H15NO2. The van der Waals surface area contributed by atoms with Crippen molar-refractivity contribution in [2.75, 3.05) is 6.61 Å². The minimum absolute atomic E-state index is 0.0195. The standard InChI is InChI=1S/C15H15NO2/c1-2-17-16-15-11-7-3-5-9-13(11)18-14-10-6-4-8-12(14)15/h3-10,15-16H,2H2,1H3. The highest BCUT2D eigenvalue weighted by molar-refractivity contribution is 5.52. The fraction of sp³-hybridized carbons (Fsp3) is 0.200. The van der Waals surface area contributed by atoms with Gasteiger partial charge in [-0.3, -0.25) is 0 Å². The molecule has 0 saturated carbocycles. The van der Waals surface area contributed by atoms with Crippen molar-refractivity contribution in [1.29, 1.82) is 0 Å². The predicted octanol–water partition coefficient (Wildman–Crippen LogP) is 3.42. The molecule has 1 aliphatic heterocycles. The van der Waals surface area contributed by atoms with Crippen molar-refractivity contribution in [3.05, 3.63) is 59.7 Å². The van der Waals surface area contributed by atoms with Gasteiger partial charge < -0.3 is 9.57 Å². The number of para-hydroxylation sites is 2. The van der Waals surface area contributed by atoms with E-state index >= 15 is 0 Å². The minimum atomic E-state index is 0.0195. The Labute approximate surface area is 106 Å². The molecule has 1 aliphatic rings. The van der Waals surface area contributed by atoms with Crippen LogP contribution in [0, 0.1) is 0 Å². The molecule has 0 radical (unpaired) electrons. The molecule has 0 fully saturated rings. The Balaban J connectivity index is 2.05.